The Hall–Kier alpha value is -3.24. The zero-order valence-corrected chi connectivity index (χ0v) is 17.6. The number of nitrogens with zero attached hydrogens (tertiary/aromatic N) is 3. The van der Waals surface area contributed by atoms with Gasteiger partial charge >= 0.3 is 5.97 Å². The maximum Gasteiger partial charge on any atom is 0.323 e. The Bertz CT molecular complexity index is 1280. The number of nitro groups is 1. The standard InChI is InChI=1S/C21H21N3O6S/c1-22(31(29,30)16-9-6-14(7-10-16)24(27)28)15-8-11-20-18(12-15)17-4-2-3-5-19(17)23(20)13-21(25)26/h2-7,9-10,15H,8,11-13H2,1H3,(H,25,26). The highest BCUT2D eigenvalue weighted by molar-refractivity contribution is 7.89. The Kier molecular flexibility index (Phi) is 5.28. The summed E-state index contributed by atoms with van der Waals surface area (Å²) in [5, 5.41) is 21.1. The highest BCUT2D eigenvalue weighted by atomic mass is 32.2. The van der Waals surface area contributed by atoms with Gasteiger partial charge in [0.25, 0.3) is 5.69 Å². The molecule has 1 aromatic heterocycles. The number of non-ortho nitro benzene ring substituents is 1. The Morgan fingerprint density at radius 1 is 1.23 bits per heavy atom. The van der Waals surface area contributed by atoms with Crippen LogP contribution in [0.2, 0.25) is 0 Å². The normalized spacial score (nSPS) is 16.4. The fraction of sp³-hybridized carbons (Fsp3) is 0.286. The monoisotopic (exact) mass is 443 g/mol. The van der Waals surface area contributed by atoms with Gasteiger partial charge in [-0.2, -0.15) is 4.31 Å². The minimum atomic E-state index is -3.84. The number of sulfonamides is 1. The molecular weight excluding hydrogens is 422 g/mol. The molecule has 10 heteroatoms. The number of carboxylic acid groups (broad SMARTS) is 1. The number of aromatic nitrogens is 1. The summed E-state index contributed by atoms with van der Waals surface area (Å²) in [6, 6.07) is 12.1. The second-order valence-electron chi connectivity index (χ2n) is 7.59. The molecule has 1 N–H and O–H groups in total. The van der Waals surface area contributed by atoms with Crippen LogP contribution in [0.4, 0.5) is 5.69 Å². The summed E-state index contributed by atoms with van der Waals surface area (Å²) in [7, 11) is -2.32. The van der Waals surface area contributed by atoms with E-state index in [4.69, 9.17) is 0 Å². The number of nitro benzene ring substituents is 1. The molecule has 1 unspecified atom stereocenters. The Labute approximate surface area is 178 Å². The van der Waals surface area contributed by atoms with Crippen molar-refractivity contribution in [3.05, 3.63) is 69.9 Å². The van der Waals surface area contributed by atoms with Crippen LogP contribution in [0.15, 0.2) is 53.4 Å². The second-order valence-corrected chi connectivity index (χ2v) is 9.59. The minimum Gasteiger partial charge on any atom is -0.480 e. The minimum absolute atomic E-state index is 0.000276. The lowest BCUT2D eigenvalue weighted by Crippen LogP contribution is -2.40. The van der Waals surface area contributed by atoms with Crippen LogP contribution in [0.1, 0.15) is 17.7 Å². The van der Waals surface area contributed by atoms with E-state index in [9.17, 15) is 28.4 Å². The van der Waals surface area contributed by atoms with Gasteiger partial charge in [-0.15, -0.1) is 0 Å². The number of rotatable bonds is 6. The molecule has 162 valence electrons. The first-order valence-electron chi connectivity index (χ1n) is 9.73. The number of hydrogen-bond acceptors (Lipinski definition) is 5. The third kappa shape index (κ3) is 3.68. The number of benzene rings is 2. The molecule has 9 nitrogen and oxygen atoms in total. The molecule has 0 aliphatic heterocycles. The van der Waals surface area contributed by atoms with Crippen molar-refractivity contribution < 1.29 is 23.2 Å². The molecule has 31 heavy (non-hydrogen) atoms. The predicted molar refractivity (Wildman–Crippen MR) is 113 cm³/mol. The molecule has 0 bridgehead atoms. The van der Waals surface area contributed by atoms with Crippen LogP contribution in [0, 0.1) is 10.1 Å². The topological polar surface area (TPSA) is 123 Å². The van der Waals surface area contributed by atoms with Gasteiger partial charge in [-0.25, -0.2) is 8.42 Å². The SMILES string of the molecule is CN(C1CCc2c(c3ccccc3n2CC(=O)O)C1)S(=O)(=O)c1ccc([N+](=O)[O-])cc1. The van der Waals surface area contributed by atoms with Gasteiger partial charge in [0.15, 0.2) is 0 Å². The molecule has 0 saturated carbocycles. The van der Waals surface area contributed by atoms with Crippen LogP contribution in [-0.2, 0) is 34.2 Å². The smallest absolute Gasteiger partial charge is 0.323 e. The second kappa shape index (κ2) is 7.78. The van der Waals surface area contributed by atoms with E-state index >= 15 is 0 Å². The molecule has 1 atom stereocenters. The highest BCUT2D eigenvalue weighted by Gasteiger charge is 2.33. The number of carboxylic acids is 1. The molecular formula is C21H21N3O6S. The summed E-state index contributed by atoms with van der Waals surface area (Å²) < 4.78 is 29.3. The van der Waals surface area contributed by atoms with E-state index in [1.165, 1.54) is 35.6 Å². The zero-order chi connectivity index (χ0) is 22.3. The zero-order valence-electron chi connectivity index (χ0n) is 16.8. The molecule has 2 aromatic carbocycles. The predicted octanol–water partition coefficient (Wildman–Crippen LogP) is 2.81. The molecule has 4 rings (SSSR count). The number of carbonyl (C=O) groups is 1. The Morgan fingerprint density at radius 3 is 2.55 bits per heavy atom. The number of likely N-dealkylation sites (N-methyl/N-ethyl adjacent to an activating group) is 1. The largest absolute Gasteiger partial charge is 0.480 e. The highest BCUT2D eigenvalue weighted by Crippen LogP contribution is 2.35. The first kappa shape index (κ1) is 21.0. The first-order valence-corrected chi connectivity index (χ1v) is 11.2. The van der Waals surface area contributed by atoms with E-state index in [2.05, 4.69) is 0 Å². The van der Waals surface area contributed by atoms with Gasteiger partial charge in [-0.3, -0.25) is 14.9 Å². The van der Waals surface area contributed by atoms with Gasteiger partial charge in [0.1, 0.15) is 6.54 Å². The van der Waals surface area contributed by atoms with Crippen LogP contribution in [0.5, 0.6) is 0 Å². The van der Waals surface area contributed by atoms with E-state index in [0.717, 1.165) is 22.2 Å². The quantitative estimate of drug-likeness (QED) is 0.462. The van der Waals surface area contributed by atoms with Crippen molar-refractivity contribution in [2.45, 2.75) is 36.7 Å². The Morgan fingerprint density at radius 2 is 1.90 bits per heavy atom. The van der Waals surface area contributed by atoms with Gasteiger partial charge < -0.3 is 9.67 Å². The lowest BCUT2D eigenvalue weighted by molar-refractivity contribution is -0.384. The molecule has 1 heterocycles. The molecule has 0 radical (unpaired) electrons. The summed E-state index contributed by atoms with van der Waals surface area (Å²) >= 11 is 0. The maximum absolute atomic E-state index is 13.1. The van der Waals surface area contributed by atoms with E-state index < -0.39 is 20.9 Å². The maximum atomic E-state index is 13.1. The molecule has 0 amide bonds. The summed E-state index contributed by atoms with van der Waals surface area (Å²) in [5.74, 6) is -0.927. The first-order chi connectivity index (χ1) is 14.7. The summed E-state index contributed by atoms with van der Waals surface area (Å²) in [6.07, 6.45) is 1.57. The fourth-order valence-electron chi connectivity index (χ4n) is 4.31. The van der Waals surface area contributed by atoms with Crippen LogP contribution < -0.4 is 0 Å². The third-order valence-electron chi connectivity index (χ3n) is 5.88. The van der Waals surface area contributed by atoms with E-state index in [-0.39, 0.29) is 23.2 Å². The van der Waals surface area contributed by atoms with Gasteiger partial charge in [-0.1, -0.05) is 18.2 Å². The number of fused-ring (bicyclic) bond motifs is 3. The van der Waals surface area contributed by atoms with Crippen molar-refractivity contribution in [3.63, 3.8) is 0 Å². The van der Waals surface area contributed by atoms with Crippen molar-refractivity contribution in [3.8, 4) is 0 Å². The van der Waals surface area contributed by atoms with Crippen molar-refractivity contribution in [1.29, 1.82) is 0 Å². The van der Waals surface area contributed by atoms with Crippen LogP contribution in [0.3, 0.4) is 0 Å². The van der Waals surface area contributed by atoms with Crippen molar-refractivity contribution >= 4 is 32.6 Å². The molecule has 0 fully saturated rings. The van der Waals surface area contributed by atoms with Crippen LogP contribution in [-0.4, -0.2) is 46.4 Å². The van der Waals surface area contributed by atoms with E-state index in [1.54, 1.807) is 4.57 Å². The van der Waals surface area contributed by atoms with Crippen molar-refractivity contribution in [2.75, 3.05) is 7.05 Å². The van der Waals surface area contributed by atoms with Crippen LogP contribution >= 0.6 is 0 Å². The third-order valence-corrected chi connectivity index (χ3v) is 7.80. The van der Waals surface area contributed by atoms with Crippen molar-refractivity contribution in [1.82, 2.24) is 8.87 Å². The number of para-hydroxylation sites is 1. The van der Waals surface area contributed by atoms with Gasteiger partial charge in [0.05, 0.1) is 9.82 Å². The Balaban J connectivity index is 1.67. The molecule has 0 spiro atoms. The summed E-state index contributed by atoms with van der Waals surface area (Å²) in [4.78, 5) is 21.6. The van der Waals surface area contributed by atoms with Gasteiger partial charge in [0, 0.05) is 41.8 Å². The molecule has 3 aromatic rings. The summed E-state index contributed by atoms with van der Waals surface area (Å²) in [6.45, 7) is -0.141. The summed E-state index contributed by atoms with van der Waals surface area (Å²) in [5.41, 5.74) is 2.56. The number of hydrogen-bond donors (Lipinski definition) is 1. The van der Waals surface area contributed by atoms with E-state index in [1.807, 2.05) is 24.3 Å². The molecule has 1 aliphatic carbocycles. The lowest BCUT2D eigenvalue weighted by Gasteiger charge is -2.31. The van der Waals surface area contributed by atoms with Crippen LogP contribution in [0.25, 0.3) is 10.9 Å². The van der Waals surface area contributed by atoms with E-state index in [0.29, 0.717) is 19.3 Å². The lowest BCUT2D eigenvalue weighted by atomic mass is 9.91. The molecule has 1 aliphatic rings. The fourth-order valence-corrected chi connectivity index (χ4v) is 5.70. The van der Waals surface area contributed by atoms with Crippen molar-refractivity contribution in [2.24, 2.45) is 0 Å². The average Bonchev–Trinajstić information content (AvgIpc) is 3.06. The van der Waals surface area contributed by atoms with Gasteiger partial charge in [0.2, 0.25) is 10.0 Å². The average molecular weight is 443 g/mol. The number of aliphatic carboxylic acids is 1. The van der Waals surface area contributed by atoms with Gasteiger partial charge in [-0.05, 0) is 43.0 Å². The molecule has 0 saturated heterocycles.